The summed E-state index contributed by atoms with van der Waals surface area (Å²) in [5.41, 5.74) is 3.47. The summed E-state index contributed by atoms with van der Waals surface area (Å²) in [5.74, 6) is 0.622. The Hall–Kier alpha value is -1.68. The first-order chi connectivity index (χ1) is 10.6. The van der Waals surface area contributed by atoms with Crippen LogP contribution in [0.1, 0.15) is 64.5 Å². The molecule has 2 heterocycles. The highest BCUT2D eigenvalue weighted by Crippen LogP contribution is 2.36. The molecule has 22 heavy (non-hydrogen) atoms. The van der Waals surface area contributed by atoms with Crippen LogP contribution in [0.3, 0.4) is 0 Å². The molecule has 1 saturated carbocycles. The lowest BCUT2D eigenvalue weighted by Crippen LogP contribution is -2.12. The van der Waals surface area contributed by atoms with Crippen molar-refractivity contribution in [1.82, 2.24) is 4.98 Å². The van der Waals surface area contributed by atoms with Crippen molar-refractivity contribution in [2.75, 3.05) is 5.32 Å². The topological polar surface area (TPSA) is 42.0 Å². The van der Waals surface area contributed by atoms with Gasteiger partial charge in [-0.15, -0.1) is 11.3 Å². The van der Waals surface area contributed by atoms with E-state index in [0.717, 1.165) is 22.5 Å². The van der Waals surface area contributed by atoms with Crippen molar-refractivity contribution in [3.63, 3.8) is 0 Å². The molecule has 0 aliphatic heterocycles. The summed E-state index contributed by atoms with van der Waals surface area (Å²) in [6, 6.07) is 4.04. The molecule has 0 radical (unpaired) electrons. The number of nitrogens with zero attached hydrogens (tertiary/aromatic N) is 1. The van der Waals surface area contributed by atoms with Crippen molar-refractivity contribution in [1.29, 1.82) is 0 Å². The maximum Gasteiger partial charge on any atom is 0.256 e. The third-order valence-electron chi connectivity index (χ3n) is 4.36. The number of anilines is 1. The van der Waals surface area contributed by atoms with E-state index in [9.17, 15) is 4.79 Å². The normalized spacial score (nSPS) is 15.7. The highest BCUT2D eigenvalue weighted by molar-refractivity contribution is 7.10. The molecule has 2 aromatic rings. The molecular weight excluding hydrogens is 292 g/mol. The molecule has 1 N–H and O–H groups in total. The maximum atomic E-state index is 12.4. The summed E-state index contributed by atoms with van der Waals surface area (Å²) < 4.78 is 0. The molecule has 0 aromatic carbocycles. The van der Waals surface area contributed by atoms with Crippen molar-refractivity contribution in [2.24, 2.45) is 0 Å². The minimum Gasteiger partial charge on any atom is -0.320 e. The fourth-order valence-corrected chi connectivity index (χ4v) is 4.09. The Labute approximate surface area is 135 Å². The van der Waals surface area contributed by atoms with Gasteiger partial charge in [-0.05, 0) is 50.3 Å². The van der Waals surface area contributed by atoms with E-state index in [2.05, 4.69) is 16.4 Å². The monoisotopic (exact) mass is 314 g/mol. The summed E-state index contributed by atoms with van der Waals surface area (Å²) >= 11 is 1.73. The van der Waals surface area contributed by atoms with Gasteiger partial charge in [-0.25, -0.2) is 0 Å². The van der Waals surface area contributed by atoms with Crippen molar-refractivity contribution in [3.05, 3.63) is 45.4 Å². The van der Waals surface area contributed by atoms with Crippen LogP contribution in [0.15, 0.2) is 23.7 Å². The van der Waals surface area contributed by atoms with Crippen LogP contribution in [0.4, 0.5) is 5.69 Å². The molecule has 1 aliphatic rings. The van der Waals surface area contributed by atoms with E-state index >= 15 is 0 Å². The van der Waals surface area contributed by atoms with Crippen LogP contribution in [0, 0.1) is 13.8 Å². The van der Waals surface area contributed by atoms with Crippen LogP contribution in [0.2, 0.25) is 0 Å². The van der Waals surface area contributed by atoms with Crippen molar-refractivity contribution < 1.29 is 4.79 Å². The average Bonchev–Trinajstić information content (AvgIpc) is 3.02. The Morgan fingerprint density at radius 1 is 1.23 bits per heavy atom. The number of aryl methyl sites for hydroxylation is 2. The molecule has 1 fully saturated rings. The second kappa shape index (κ2) is 6.61. The molecule has 0 atom stereocenters. The summed E-state index contributed by atoms with van der Waals surface area (Å²) in [7, 11) is 0. The van der Waals surface area contributed by atoms with Crippen LogP contribution in [0.5, 0.6) is 0 Å². The summed E-state index contributed by atoms with van der Waals surface area (Å²) in [6.45, 7) is 3.89. The van der Waals surface area contributed by atoms with Gasteiger partial charge in [0.05, 0.1) is 16.9 Å². The first-order valence-corrected chi connectivity index (χ1v) is 8.84. The van der Waals surface area contributed by atoms with E-state index in [-0.39, 0.29) is 5.91 Å². The minimum absolute atomic E-state index is 0.0335. The first kappa shape index (κ1) is 15.2. The molecular formula is C18H22N2OS. The zero-order chi connectivity index (χ0) is 15.5. The number of hydrogen-bond acceptors (Lipinski definition) is 3. The fourth-order valence-electron chi connectivity index (χ4n) is 3.03. The van der Waals surface area contributed by atoms with Gasteiger partial charge in [0.15, 0.2) is 0 Å². The van der Waals surface area contributed by atoms with E-state index < -0.39 is 0 Å². The molecule has 3 rings (SSSR count). The Morgan fingerprint density at radius 2 is 2.00 bits per heavy atom. The predicted molar refractivity (Wildman–Crippen MR) is 91.8 cm³/mol. The molecule has 2 aromatic heterocycles. The zero-order valence-corrected chi connectivity index (χ0v) is 14.0. The Bertz CT molecular complexity index is 671. The van der Waals surface area contributed by atoms with E-state index in [4.69, 9.17) is 0 Å². The van der Waals surface area contributed by atoms with Gasteiger partial charge in [-0.3, -0.25) is 9.78 Å². The first-order valence-electron chi connectivity index (χ1n) is 7.96. The highest BCUT2D eigenvalue weighted by Gasteiger charge is 2.19. The molecule has 0 saturated heterocycles. The van der Waals surface area contributed by atoms with Gasteiger partial charge in [0.2, 0.25) is 0 Å². The van der Waals surface area contributed by atoms with Crippen molar-refractivity contribution in [2.45, 2.75) is 51.9 Å². The molecule has 0 bridgehead atoms. The standard InChI is InChI=1S/C18H22N2OS/c1-12-8-16(13(2)19-10-12)20-18(21)15-9-17(22-11-15)14-6-4-3-5-7-14/h8-11,14H,3-7H2,1-2H3,(H,20,21). The van der Waals surface area contributed by atoms with Gasteiger partial charge in [0.1, 0.15) is 0 Å². The van der Waals surface area contributed by atoms with E-state index in [0.29, 0.717) is 5.92 Å². The number of thiophene rings is 1. The summed E-state index contributed by atoms with van der Waals surface area (Å²) in [4.78, 5) is 18.1. The Balaban J connectivity index is 1.72. The third kappa shape index (κ3) is 3.38. The van der Waals surface area contributed by atoms with Crippen LogP contribution >= 0.6 is 11.3 Å². The van der Waals surface area contributed by atoms with Crippen LogP contribution in [-0.4, -0.2) is 10.9 Å². The van der Waals surface area contributed by atoms with E-state index in [1.807, 2.05) is 31.5 Å². The van der Waals surface area contributed by atoms with Gasteiger partial charge in [-0.2, -0.15) is 0 Å². The highest BCUT2D eigenvalue weighted by atomic mass is 32.1. The quantitative estimate of drug-likeness (QED) is 0.860. The zero-order valence-electron chi connectivity index (χ0n) is 13.2. The largest absolute Gasteiger partial charge is 0.320 e. The molecule has 1 amide bonds. The molecule has 1 aliphatic carbocycles. The number of hydrogen-bond donors (Lipinski definition) is 1. The lowest BCUT2D eigenvalue weighted by molar-refractivity contribution is 0.102. The molecule has 4 heteroatoms. The van der Waals surface area contributed by atoms with Crippen LogP contribution < -0.4 is 5.32 Å². The SMILES string of the molecule is Cc1cnc(C)c(NC(=O)c2csc(C3CCCCC3)c2)c1. The molecule has 116 valence electrons. The predicted octanol–water partition coefficient (Wildman–Crippen LogP) is 5.06. The second-order valence-corrected chi connectivity index (χ2v) is 7.12. The number of carbonyl (C=O) groups excluding carboxylic acids is 1. The second-order valence-electron chi connectivity index (χ2n) is 6.17. The van der Waals surface area contributed by atoms with Crippen LogP contribution in [-0.2, 0) is 0 Å². The molecule has 3 nitrogen and oxygen atoms in total. The minimum atomic E-state index is -0.0335. The number of carbonyl (C=O) groups is 1. The fraction of sp³-hybridized carbons (Fsp3) is 0.444. The lowest BCUT2D eigenvalue weighted by atomic mass is 9.88. The summed E-state index contributed by atoms with van der Waals surface area (Å²) in [5, 5.41) is 4.97. The number of pyridine rings is 1. The third-order valence-corrected chi connectivity index (χ3v) is 5.46. The van der Waals surface area contributed by atoms with Crippen LogP contribution in [0.25, 0.3) is 0 Å². The summed E-state index contributed by atoms with van der Waals surface area (Å²) in [6.07, 6.45) is 8.34. The van der Waals surface area contributed by atoms with Gasteiger partial charge in [0.25, 0.3) is 5.91 Å². The molecule has 0 unspecified atom stereocenters. The number of aromatic nitrogens is 1. The van der Waals surface area contributed by atoms with E-state index in [1.165, 1.54) is 37.0 Å². The van der Waals surface area contributed by atoms with Gasteiger partial charge in [0, 0.05) is 16.5 Å². The Kier molecular flexibility index (Phi) is 4.57. The number of nitrogens with one attached hydrogen (secondary N) is 1. The van der Waals surface area contributed by atoms with Gasteiger partial charge >= 0.3 is 0 Å². The number of amides is 1. The number of rotatable bonds is 3. The maximum absolute atomic E-state index is 12.4. The van der Waals surface area contributed by atoms with E-state index in [1.54, 1.807) is 11.3 Å². The van der Waals surface area contributed by atoms with Crippen molar-refractivity contribution in [3.8, 4) is 0 Å². The average molecular weight is 314 g/mol. The smallest absolute Gasteiger partial charge is 0.256 e. The molecule has 0 spiro atoms. The van der Waals surface area contributed by atoms with Gasteiger partial charge in [-0.1, -0.05) is 19.3 Å². The lowest BCUT2D eigenvalue weighted by Gasteiger charge is -2.19. The van der Waals surface area contributed by atoms with Gasteiger partial charge < -0.3 is 5.32 Å². The Morgan fingerprint density at radius 3 is 2.77 bits per heavy atom. The van der Waals surface area contributed by atoms with Crippen molar-refractivity contribution >= 4 is 22.9 Å².